The number of sulfone groups is 1. The maximum absolute atomic E-state index is 13.3. The number of alkyl halides is 3. The van der Waals surface area contributed by atoms with Crippen LogP contribution in [0.25, 0.3) is 0 Å². The van der Waals surface area contributed by atoms with Gasteiger partial charge in [-0.15, -0.1) is 0 Å². The van der Waals surface area contributed by atoms with E-state index in [2.05, 4.69) is 0 Å². The van der Waals surface area contributed by atoms with Gasteiger partial charge in [0, 0.05) is 5.56 Å². The molecule has 0 saturated carbocycles. The molecule has 0 radical (unpaired) electrons. The Morgan fingerprint density at radius 2 is 2.00 bits per heavy atom. The summed E-state index contributed by atoms with van der Waals surface area (Å²) in [5.41, 5.74) is -0.397. The van der Waals surface area contributed by atoms with E-state index in [4.69, 9.17) is 5.11 Å². The van der Waals surface area contributed by atoms with Crippen LogP contribution >= 0.6 is 0 Å². The SMILES string of the molecule is O=S1(=O)c2ccc(CO)cc2C(F)C1(F)F. The van der Waals surface area contributed by atoms with Crippen LogP contribution in [0.5, 0.6) is 0 Å². The van der Waals surface area contributed by atoms with Crippen molar-refractivity contribution in [2.24, 2.45) is 0 Å². The summed E-state index contributed by atoms with van der Waals surface area (Å²) in [6.07, 6.45) is -2.88. The Bertz CT molecular complexity index is 539. The Kier molecular flexibility index (Phi) is 2.29. The summed E-state index contributed by atoms with van der Waals surface area (Å²) < 4.78 is 62.1. The van der Waals surface area contributed by atoms with Gasteiger partial charge in [-0.3, -0.25) is 0 Å². The van der Waals surface area contributed by atoms with E-state index in [0.717, 1.165) is 12.1 Å². The normalized spacial score (nSPS) is 25.4. The van der Waals surface area contributed by atoms with Gasteiger partial charge < -0.3 is 5.11 Å². The average Bonchev–Trinajstić information content (AvgIpc) is 2.38. The lowest BCUT2D eigenvalue weighted by molar-refractivity contribution is 0.0101. The Morgan fingerprint density at radius 3 is 2.56 bits per heavy atom. The number of hydrogen-bond donors (Lipinski definition) is 1. The second-order valence-electron chi connectivity index (χ2n) is 3.46. The molecule has 1 aliphatic rings. The first-order chi connectivity index (χ1) is 7.32. The molecule has 0 aromatic heterocycles. The molecule has 0 aliphatic carbocycles. The van der Waals surface area contributed by atoms with E-state index < -0.39 is 38.3 Å². The third-order valence-corrected chi connectivity index (χ3v) is 4.35. The molecule has 1 unspecified atom stereocenters. The molecule has 1 atom stereocenters. The zero-order valence-electron chi connectivity index (χ0n) is 7.82. The highest BCUT2D eigenvalue weighted by molar-refractivity contribution is 7.92. The number of fused-ring (bicyclic) bond motifs is 1. The Labute approximate surface area is 89.4 Å². The smallest absolute Gasteiger partial charge is 0.384 e. The van der Waals surface area contributed by atoms with Crippen LogP contribution in [0.2, 0.25) is 0 Å². The molecule has 2 rings (SSSR count). The minimum absolute atomic E-state index is 0.189. The molecule has 16 heavy (non-hydrogen) atoms. The van der Waals surface area contributed by atoms with Crippen LogP contribution in [0.4, 0.5) is 13.2 Å². The fourth-order valence-electron chi connectivity index (χ4n) is 1.60. The van der Waals surface area contributed by atoms with Crippen LogP contribution in [0.1, 0.15) is 17.3 Å². The predicted octanol–water partition coefficient (Wildman–Crippen LogP) is 1.57. The van der Waals surface area contributed by atoms with Gasteiger partial charge >= 0.3 is 5.25 Å². The minimum Gasteiger partial charge on any atom is -0.392 e. The largest absolute Gasteiger partial charge is 0.392 e. The molecule has 7 heteroatoms. The van der Waals surface area contributed by atoms with Crippen LogP contribution in [0.15, 0.2) is 23.1 Å². The van der Waals surface area contributed by atoms with Gasteiger partial charge in [0.25, 0.3) is 0 Å². The van der Waals surface area contributed by atoms with Gasteiger partial charge in [0.1, 0.15) is 0 Å². The van der Waals surface area contributed by atoms with Crippen molar-refractivity contribution in [2.45, 2.75) is 22.9 Å². The molecule has 0 saturated heterocycles. The molecule has 0 fully saturated rings. The first-order valence-electron chi connectivity index (χ1n) is 4.32. The summed E-state index contributed by atoms with van der Waals surface area (Å²) in [7, 11) is -4.95. The second kappa shape index (κ2) is 3.21. The van der Waals surface area contributed by atoms with Gasteiger partial charge in [-0.25, -0.2) is 12.8 Å². The maximum atomic E-state index is 13.3. The number of rotatable bonds is 1. The molecule has 0 spiro atoms. The fraction of sp³-hybridized carbons (Fsp3) is 0.333. The van der Waals surface area contributed by atoms with Crippen LogP contribution < -0.4 is 0 Å². The highest BCUT2D eigenvalue weighted by Crippen LogP contribution is 2.51. The van der Waals surface area contributed by atoms with Gasteiger partial charge in [0.15, 0.2) is 0 Å². The van der Waals surface area contributed by atoms with Gasteiger partial charge in [-0.1, -0.05) is 6.07 Å². The van der Waals surface area contributed by atoms with Crippen molar-refractivity contribution >= 4 is 9.84 Å². The van der Waals surface area contributed by atoms with E-state index >= 15 is 0 Å². The molecule has 1 aromatic rings. The van der Waals surface area contributed by atoms with Crippen molar-refractivity contribution in [3.05, 3.63) is 29.3 Å². The highest BCUT2D eigenvalue weighted by atomic mass is 32.2. The lowest BCUT2D eigenvalue weighted by Gasteiger charge is -2.09. The standard InChI is InChI=1S/C9H7F3O3S/c10-8-6-3-5(4-13)1-2-7(6)16(14,15)9(8,11)12/h1-3,8,13H,4H2. The molecule has 1 N–H and O–H groups in total. The Hall–Kier alpha value is -1.08. The molecule has 1 aromatic carbocycles. The number of hydrogen-bond acceptors (Lipinski definition) is 3. The third-order valence-electron chi connectivity index (χ3n) is 2.47. The van der Waals surface area contributed by atoms with E-state index in [0.29, 0.717) is 0 Å². The number of aliphatic hydroxyl groups excluding tert-OH is 1. The first-order valence-corrected chi connectivity index (χ1v) is 5.81. The average molecular weight is 252 g/mol. The predicted molar refractivity (Wildman–Crippen MR) is 48.3 cm³/mol. The van der Waals surface area contributed by atoms with E-state index in [9.17, 15) is 21.6 Å². The zero-order chi connectivity index (χ0) is 12.1. The molecular weight excluding hydrogens is 245 g/mol. The van der Waals surface area contributed by atoms with Crippen LogP contribution in [0, 0.1) is 0 Å². The lowest BCUT2D eigenvalue weighted by atomic mass is 10.1. The Morgan fingerprint density at radius 1 is 1.38 bits per heavy atom. The van der Waals surface area contributed by atoms with Crippen molar-refractivity contribution in [3.8, 4) is 0 Å². The van der Waals surface area contributed by atoms with Crippen LogP contribution in [-0.2, 0) is 16.4 Å². The van der Waals surface area contributed by atoms with Gasteiger partial charge in [0.2, 0.25) is 16.0 Å². The van der Waals surface area contributed by atoms with Crippen molar-refractivity contribution in [2.75, 3.05) is 0 Å². The number of benzene rings is 1. The summed E-state index contributed by atoms with van der Waals surface area (Å²) in [5, 5.41) is 4.33. The fourth-order valence-corrected chi connectivity index (χ4v) is 3.02. The van der Waals surface area contributed by atoms with Crippen molar-refractivity contribution in [1.82, 2.24) is 0 Å². The van der Waals surface area contributed by atoms with Gasteiger partial charge in [0.05, 0.1) is 11.5 Å². The number of halogens is 3. The van der Waals surface area contributed by atoms with Gasteiger partial charge in [-0.2, -0.15) is 8.78 Å². The monoisotopic (exact) mass is 252 g/mol. The molecule has 0 bridgehead atoms. The first kappa shape index (κ1) is 11.4. The lowest BCUT2D eigenvalue weighted by Crippen LogP contribution is -2.26. The number of aliphatic hydroxyl groups is 1. The summed E-state index contributed by atoms with van der Waals surface area (Å²) in [6, 6.07) is 3.01. The molecule has 0 amide bonds. The third kappa shape index (κ3) is 1.21. The van der Waals surface area contributed by atoms with E-state index in [1.54, 1.807) is 0 Å². The van der Waals surface area contributed by atoms with E-state index in [-0.39, 0.29) is 5.56 Å². The summed E-state index contributed by atoms with van der Waals surface area (Å²) in [4.78, 5) is -0.706. The van der Waals surface area contributed by atoms with Crippen molar-refractivity contribution in [1.29, 1.82) is 0 Å². The summed E-state index contributed by atoms with van der Waals surface area (Å²) in [6.45, 7) is -0.467. The molecular formula is C9H7F3O3S. The summed E-state index contributed by atoms with van der Waals surface area (Å²) >= 11 is 0. The molecule has 1 aliphatic heterocycles. The minimum atomic E-state index is -4.95. The van der Waals surface area contributed by atoms with E-state index in [1.807, 2.05) is 0 Å². The van der Waals surface area contributed by atoms with Crippen LogP contribution in [-0.4, -0.2) is 18.8 Å². The molecule has 3 nitrogen and oxygen atoms in total. The molecule has 1 heterocycles. The van der Waals surface area contributed by atoms with Crippen molar-refractivity contribution in [3.63, 3.8) is 0 Å². The topological polar surface area (TPSA) is 54.4 Å². The highest BCUT2D eigenvalue weighted by Gasteiger charge is 2.61. The van der Waals surface area contributed by atoms with Crippen LogP contribution in [0.3, 0.4) is 0 Å². The maximum Gasteiger partial charge on any atom is 0.384 e. The zero-order valence-corrected chi connectivity index (χ0v) is 8.64. The second-order valence-corrected chi connectivity index (χ2v) is 5.45. The van der Waals surface area contributed by atoms with Crippen molar-refractivity contribution < 1.29 is 26.7 Å². The Balaban J connectivity index is 2.73. The summed E-state index contributed by atoms with van der Waals surface area (Å²) in [5.74, 6) is 0. The quantitative estimate of drug-likeness (QED) is 0.825. The van der Waals surface area contributed by atoms with E-state index in [1.165, 1.54) is 6.07 Å². The molecule has 88 valence electrons. The van der Waals surface area contributed by atoms with Gasteiger partial charge in [-0.05, 0) is 17.7 Å².